The lowest BCUT2D eigenvalue weighted by atomic mass is 9.98. The van der Waals surface area contributed by atoms with E-state index in [0.29, 0.717) is 0 Å². The number of ether oxygens (including phenoxy) is 1. The second kappa shape index (κ2) is 15.0. The molecule has 0 amide bonds. The van der Waals surface area contributed by atoms with Crippen molar-refractivity contribution in [3.63, 3.8) is 0 Å². The number of thiazole rings is 2. The van der Waals surface area contributed by atoms with Crippen molar-refractivity contribution < 1.29 is 4.74 Å². The number of aromatic nitrogens is 5. The molecule has 7 aromatic carbocycles. The van der Waals surface area contributed by atoms with Crippen molar-refractivity contribution in [1.29, 1.82) is 0 Å². The van der Waals surface area contributed by atoms with Crippen LogP contribution >= 0.6 is 22.7 Å². The van der Waals surface area contributed by atoms with Crippen molar-refractivity contribution in [3.05, 3.63) is 210 Å². The van der Waals surface area contributed by atoms with Crippen molar-refractivity contribution >= 4 is 105 Å². The molecule has 316 valence electrons. The molecule has 0 saturated heterocycles. The van der Waals surface area contributed by atoms with Crippen LogP contribution in [0.15, 0.2) is 199 Å². The molecule has 0 fully saturated rings. The number of fused-ring (bicyclic) bond motifs is 7. The second-order valence-electron chi connectivity index (χ2n) is 18.0. The fraction of sp³-hybridized carbons (Fsp3) is 0.0926. The van der Waals surface area contributed by atoms with Gasteiger partial charge in [-0.1, -0.05) is 160 Å². The Balaban J connectivity index is 1.22. The smallest absolute Gasteiger partial charge is 0.220 e. The van der Waals surface area contributed by atoms with Crippen molar-refractivity contribution in [2.75, 3.05) is 0 Å². The highest BCUT2D eigenvalue weighted by Crippen LogP contribution is 2.56. The van der Waals surface area contributed by atoms with Gasteiger partial charge < -0.3 is 4.74 Å². The first-order valence-electron chi connectivity index (χ1n) is 22.1. The Morgan fingerprint density at radius 3 is 1.74 bits per heavy atom. The number of imidazole rings is 2. The molecule has 0 atom stereocenters. The van der Waals surface area contributed by atoms with Gasteiger partial charge in [0, 0.05) is 44.6 Å². The minimum atomic E-state index is -3.29. The Hall–Kier alpha value is -6.48. The number of nitrogens with zero attached hydrogens (tertiary/aromatic N) is 5. The first kappa shape index (κ1) is 40.1. The molecule has 65 heavy (non-hydrogen) atoms. The summed E-state index contributed by atoms with van der Waals surface area (Å²) in [6, 6.07) is 64.9. The van der Waals surface area contributed by atoms with Crippen molar-refractivity contribution in [3.8, 4) is 17.2 Å². The topological polar surface area (TPSA) is 57.2 Å². The zero-order valence-electron chi connectivity index (χ0n) is 36.5. The van der Waals surface area contributed by atoms with Crippen molar-refractivity contribution in [1.82, 2.24) is 23.9 Å². The van der Waals surface area contributed by atoms with E-state index in [0.717, 1.165) is 45.0 Å². The Bertz CT molecular complexity index is 3460. The van der Waals surface area contributed by atoms with E-state index in [1.165, 1.54) is 41.1 Å². The largest absolute Gasteiger partial charge is 0.457 e. The normalized spacial score (nSPS) is 13.8. The van der Waals surface area contributed by atoms with Crippen LogP contribution in [-0.2, 0) is 4.66 Å². The van der Waals surface area contributed by atoms with Gasteiger partial charge in [-0.15, -0.1) is 22.7 Å². The monoisotopic (exact) mass is 927 g/mol. The summed E-state index contributed by atoms with van der Waals surface area (Å²) in [5.41, 5.74) is 7.87. The molecule has 0 saturated carbocycles. The summed E-state index contributed by atoms with van der Waals surface area (Å²) in [4.78, 5) is 15.7. The van der Waals surface area contributed by atoms with Crippen LogP contribution in [0.2, 0.25) is 26.2 Å². The molecule has 4 aromatic heterocycles. The predicted molar refractivity (Wildman–Crippen MR) is 279 cm³/mol. The number of rotatable bonds is 9. The maximum absolute atomic E-state index is 7.64. The van der Waals surface area contributed by atoms with E-state index in [4.69, 9.17) is 19.7 Å². The molecule has 11 aromatic rings. The van der Waals surface area contributed by atoms with Crippen LogP contribution in [0, 0.1) is 0 Å². The Labute approximate surface area is 389 Å². The summed E-state index contributed by atoms with van der Waals surface area (Å²) in [6.45, 7) is 10.2. The first-order valence-corrected chi connectivity index (χ1v) is 31.8. The standard InChI is InChI=1S/C54H45N5OS2Si3/c1-63(2,52-55-33-35-61-52)54(64(3,4)53-56-34-36-62-53)42-25-11-16-31-48(42)60-50-43(54)26-18-32-49(50)65(39-20-7-5-8-21-39,40-22-9-6-10-23-40)41-24-17-19-38(37-41)58-46-29-14-15-30-47(46)59-45-28-13-12-27-44(45)57-51(58)59/h5-37H,1-4H3. The highest BCUT2D eigenvalue weighted by molar-refractivity contribution is 7.31. The Morgan fingerprint density at radius 1 is 0.523 bits per heavy atom. The molecule has 5 heterocycles. The van der Waals surface area contributed by atoms with Gasteiger partial charge in [-0.25, -0.2) is 4.98 Å². The van der Waals surface area contributed by atoms with E-state index >= 15 is 0 Å². The average molecular weight is 928 g/mol. The fourth-order valence-electron chi connectivity index (χ4n) is 11.7. The molecule has 0 aliphatic carbocycles. The molecule has 6 nitrogen and oxygen atoms in total. The summed E-state index contributed by atoms with van der Waals surface area (Å²) in [5, 5.41) is 9.36. The highest BCUT2D eigenvalue weighted by Gasteiger charge is 2.66. The van der Waals surface area contributed by atoms with Crippen LogP contribution in [0.3, 0.4) is 0 Å². The summed E-state index contributed by atoms with van der Waals surface area (Å²) in [6.07, 6.45) is 3.99. The van der Waals surface area contributed by atoms with Crippen LogP contribution < -0.4 is 34.7 Å². The van der Waals surface area contributed by atoms with Crippen LogP contribution in [-0.4, -0.2) is 48.1 Å². The van der Waals surface area contributed by atoms with Gasteiger partial charge in [0.25, 0.3) is 0 Å². The lowest BCUT2D eigenvalue weighted by Crippen LogP contribution is -2.77. The van der Waals surface area contributed by atoms with Gasteiger partial charge in [0.1, 0.15) is 27.6 Å². The van der Waals surface area contributed by atoms with Crippen LogP contribution in [0.5, 0.6) is 11.5 Å². The maximum Gasteiger partial charge on any atom is 0.220 e. The number of hydrogen-bond acceptors (Lipinski definition) is 6. The molecule has 0 spiro atoms. The van der Waals surface area contributed by atoms with Crippen LogP contribution in [0.1, 0.15) is 11.1 Å². The first-order chi connectivity index (χ1) is 31.8. The summed E-state index contributed by atoms with van der Waals surface area (Å²) >= 11 is 3.60. The van der Waals surface area contributed by atoms with Gasteiger partial charge >= 0.3 is 0 Å². The molecule has 12 rings (SSSR count). The molecule has 11 heteroatoms. The zero-order chi connectivity index (χ0) is 44.0. The lowest BCUT2D eigenvalue weighted by Gasteiger charge is -2.56. The van der Waals surface area contributed by atoms with E-state index in [-0.39, 0.29) is 0 Å². The van der Waals surface area contributed by atoms with E-state index in [2.05, 4.69) is 222 Å². The molecular formula is C54H45N5OS2Si3. The van der Waals surface area contributed by atoms with Crippen molar-refractivity contribution in [2.45, 2.75) is 30.8 Å². The molecule has 0 unspecified atom stereocenters. The SMILES string of the molecule is C[Si](C)(c1nccs1)C1([Si](C)(C)c2nccs2)c2ccccc2Oc2c1cccc2[Si](c1ccccc1)(c1ccccc1)c1cccc(-n2c3ccccc3n3c4ccccc4nc23)c1. The van der Waals surface area contributed by atoms with E-state index < -0.39 is 28.9 Å². The fourth-order valence-corrected chi connectivity index (χ4v) is 33.5. The Morgan fingerprint density at radius 2 is 1.08 bits per heavy atom. The molecule has 0 radical (unpaired) electrons. The molecular weight excluding hydrogens is 883 g/mol. The quantitative estimate of drug-likeness (QED) is 0.107. The third-order valence-corrected chi connectivity index (χ3v) is 34.9. The zero-order valence-corrected chi connectivity index (χ0v) is 41.1. The number of hydrogen-bond donors (Lipinski definition) is 0. The second-order valence-corrected chi connectivity index (χ2v) is 33.8. The number of para-hydroxylation sites is 6. The minimum Gasteiger partial charge on any atom is -0.457 e. The number of benzene rings is 7. The van der Waals surface area contributed by atoms with Gasteiger partial charge in [0.2, 0.25) is 5.78 Å². The lowest BCUT2D eigenvalue weighted by molar-refractivity contribution is 0.453. The average Bonchev–Trinajstić information content (AvgIpc) is 4.19. The minimum absolute atomic E-state index is 0.427. The molecule has 0 bridgehead atoms. The third-order valence-electron chi connectivity index (χ3n) is 14.2. The van der Waals surface area contributed by atoms with Crippen LogP contribution in [0.4, 0.5) is 0 Å². The Kier molecular flexibility index (Phi) is 9.27. The summed E-state index contributed by atoms with van der Waals surface area (Å²) < 4.78 is 14.3. The molecule has 0 N–H and O–H groups in total. The van der Waals surface area contributed by atoms with Gasteiger partial charge in [-0.2, -0.15) is 0 Å². The van der Waals surface area contributed by atoms with Crippen LogP contribution in [0.25, 0.3) is 33.5 Å². The van der Waals surface area contributed by atoms with E-state index in [9.17, 15) is 0 Å². The van der Waals surface area contributed by atoms with Gasteiger partial charge in [-0.3, -0.25) is 18.9 Å². The van der Waals surface area contributed by atoms with E-state index in [1.54, 1.807) is 22.7 Å². The van der Waals surface area contributed by atoms with Gasteiger partial charge in [0.15, 0.2) is 8.07 Å². The van der Waals surface area contributed by atoms with E-state index in [1.807, 2.05) is 12.4 Å². The van der Waals surface area contributed by atoms with Crippen molar-refractivity contribution in [2.24, 2.45) is 0 Å². The summed E-state index contributed by atoms with van der Waals surface area (Å²) in [7, 11) is -8.57. The molecule has 1 aliphatic heterocycles. The predicted octanol–water partition coefficient (Wildman–Crippen LogP) is 9.42. The maximum atomic E-state index is 7.64. The summed E-state index contributed by atoms with van der Waals surface area (Å²) in [5.74, 6) is 2.78. The molecule has 1 aliphatic rings. The van der Waals surface area contributed by atoms with Gasteiger partial charge in [-0.05, 0) is 63.2 Å². The van der Waals surface area contributed by atoms with Gasteiger partial charge in [0.05, 0.1) is 31.3 Å². The highest BCUT2D eigenvalue weighted by atomic mass is 32.1. The third kappa shape index (κ3) is 5.56.